The van der Waals surface area contributed by atoms with Gasteiger partial charge in [-0.05, 0) is 49.4 Å². The van der Waals surface area contributed by atoms with Crippen molar-refractivity contribution >= 4 is 22.4 Å². The molecule has 1 fully saturated rings. The number of nitrogens with one attached hydrogen (secondary N) is 1. The molecule has 0 bridgehead atoms. The Morgan fingerprint density at radius 1 is 1.08 bits per heavy atom. The van der Waals surface area contributed by atoms with Crippen LogP contribution in [0.25, 0.3) is 22.5 Å². The van der Waals surface area contributed by atoms with Gasteiger partial charge in [-0.1, -0.05) is 23.3 Å². The van der Waals surface area contributed by atoms with Gasteiger partial charge in [-0.15, -0.1) is 10.2 Å². The van der Waals surface area contributed by atoms with Crippen LogP contribution in [0.5, 0.6) is 5.75 Å². The van der Waals surface area contributed by atoms with Crippen LogP contribution in [0.1, 0.15) is 45.9 Å². The zero-order chi connectivity index (χ0) is 25.9. The summed E-state index contributed by atoms with van der Waals surface area (Å²) in [5.41, 5.74) is 2.25. The van der Waals surface area contributed by atoms with Crippen molar-refractivity contribution in [1.29, 1.82) is 0 Å². The van der Waals surface area contributed by atoms with E-state index in [-0.39, 0.29) is 22.0 Å². The number of hydrogen-bond donors (Lipinski definition) is 1. The van der Waals surface area contributed by atoms with Crippen molar-refractivity contribution in [2.24, 2.45) is 5.92 Å². The monoisotopic (exact) mass is 518 g/mol. The molecule has 1 aliphatic carbocycles. The second kappa shape index (κ2) is 10.4. The summed E-state index contributed by atoms with van der Waals surface area (Å²) in [4.78, 5) is 25.9. The second-order valence-corrected chi connectivity index (χ2v) is 9.33. The number of halogens is 2. The molecule has 1 saturated carbocycles. The largest absolute Gasteiger partial charge is 0.494 e. The highest BCUT2D eigenvalue weighted by atomic mass is 32.1. The number of rotatable bonds is 6. The van der Waals surface area contributed by atoms with Crippen LogP contribution in [-0.2, 0) is 0 Å². The van der Waals surface area contributed by atoms with Crippen LogP contribution < -0.4 is 10.1 Å². The van der Waals surface area contributed by atoms with Crippen LogP contribution in [-0.4, -0.2) is 38.2 Å². The Kier molecular flexibility index (Phi) is 6.83. The Balaban J connectivity index is 1.56. The van der Waals surface area contributed by atoms with E-state index in [9.17, 15) is 13.6 Å². The maximum atomic E-state index is 13.5. The molecule has 186 valence electrons. The third kappa shape index (κ3) is 5.59. The Labute approximate surface area is 215 Å². The zero-order valence-electron chi connectivity index (χ0n) is 19.8. The quantitative estimate of drug-likeness (QED) is 0.344. The summed E-state index contributed by atoms with van der Waals surface area (Å²) in [6.07, 6.45) is 3.64. The van der Waals surface area contributed by atoms with E-state index < -0.39 is 18.0 Å². The van der Waals surface area contributed by atoms with Gasteiger partial charge in [0.2, 0.25) is 5.13 Å². The van der Waals surface area contributed by atoms with Crippen molar-refractivity contribution in [3.8, 4) is 40.1 Å². The van der Waals surface area contributed by atoms with E-state index in [1.165, 1.54) is 25.6 Å². The highest BCUT2D eigenvalue weighted by Gasteiger charge is 2.22. The number of alkyl halides is 2. The average molecular weight is 519 g/mol. The normalized spacial score (nSPS) is 12.7. The molecule has 5 rings (SSSR count). The maximum absolute atomic E-state index is 13.5. The number of hydrogen-bond acceptors (Lipinski definition) is 8. The van der Waals surface area contributed by atoms with Gasteiger partial charge in [-0.2, -0.15) is 0 Å². The predicted octanol–water partition coefficient (Wildman–Crippen LogP) is 5.33. The number of anilines is 1. The van der Waals surface area contributed by atoms with Gasteiger partial charge in [0, 0.05) is 29.4 Å². The summed E-state index contributed by atoms with van der Waals surface area (Å²) >= 11 is 1.15. The third-order valence-electron chi connectivity index (χ3n) is 5.55. The van der Waals surface area contributed by atoms with Gasteiger partial charge in [0.15, 0.2) is 5.01 Å². The third-order valence-corrected chi connectivity index (χ3v) is 6.30. The SMILES string of the molecule is COc1cnc(C(F)F)cc1-c1cc(-c2ccc(C)cn2)ncc1C(=O)Nc1nnc(C#CC2CC2)s1. The zero-order valence-corrected chi connectivity index (χ0v) is 20.6. The van der Waals surface area contributed by atoms with Crippen LogP contribution in [0.4, 0.5) is 13.9 Å². The van der Waals surface area contributed by atoms with Crippen LogP contribution in [0, 0.1) is 24.7 Å². The first kappa shape index (κ1) is 24.4. The Morgan fingerprint density at radius 2 is 1.89 bits per heavy atom. The lowest BCUT2D eigenvalue weighted by Gasteiger charge is -2.15. The minimum absolute atomic E-state index is 0.126. The van der Waals surface area contributed by atoms with Gasteiger partial charge >= 0.3 is 0 Å². The fourth-order valence-corrected chi connectivity index (χ4v) is 4.05. The molecule has 4 heterocycles. The van der Waals surface area contributed by atoms with Crippen LogP contribution in [0.2, 0.25) is 0 Å². The van der Waals surface area contributed by atoms with Crippen LogP contribution >= 0.6 is 11.3 Å². The molecule has 8 nitrogen and oxygen atoms in total. The smallest absolute Gasteiger partial charge is 0.280 e. The number of methoxy groups -OCH3 is 1. The van der Waals surface area contributed by atoms with Crippen LogP contribution in [0.3, 0.4) is 0 Å². The fourth-order valence-electron chi connectivity index (χ4n) is 3.45. The molecule has 0 saturated heterocycles. The number of aromatic nitrogens is 5. The van der Waals surface area contributed by atoms with Gasteiger partial charge < -0.3 is 4.74 Å². The first-order valence-electron chi connectivity index (χ1n) is 11.3. The van der Waals surface area contributed by atoms with E-state index in [0.717, 1.165) is 29.7 Å². The molecule has 11 heteroatoms. The number of nitrogens with zero attached hydrogens (tertiary/aromatic N) is 5. The summed E-state index contributed by atoms with van der Waals surface area (Å²) < 4.78 is 32.4. The Hall–Kier alpha value is -4.30. The first-order valence-corrected chi connectivity index (χ1v) is 12.1. The van der Waals surface area contributed by atoms with Gasteiger partial charge in [0.1, 0.15) is 11.4 Å². The molecule has 37 heavy (non-hydrogen) atoms. The molecule has 0 atom stereocenters. The summed E-state index contributed by atoms with van der Waals surface area (Å²) in [6.45, 7) is 1.91. The van der Waals surface area contributed by atoms with Crippen molar-refractivity contribution < 1.29 is 18.3 Å². The lowest BCUT2D eigenvalue weighted by Crippen LogP contribution is -2.14. The van der Waals surface area contributed by atoms with E-state index in [4.69, 9.17) is 4.74 Å². The number of amides is 1. The number of carbonyl (C=O) groups is 1. The van der Waals surface area contributed by atoms with Gasteiger partial charge in [0.25, 0.3) is 12.3 Å². The molecule has 1 amide bonds. The van der Waals surface area contributed by atoms with E-state index in [2.05, 4.69) is 42.3 Å². The van der Waals surface area contributed by atoms with Crippen molar-refractivity contribution in [1.82, 2.24) is 25.1 Å². The molecule has 0 spiro atoms. The van der Waals surface area contributed by atoms with E-state index in [1.807, 2.05) is 13.0 Å². The second-order valence-electron chi connectivity index (χ2n) is 8.36. The molecule has 0 aliphatic heterocycles. The minimum Gasteiger partial charge on any atom is -0.494 e. The Bertz CT molecular complexity index is 1520. The summed E-state index contributed by atoms with van der Waals surface area (Å²) in [5.74, 6) is 6.16. The standard InChI is InChI=1S/C26H20F2N6O2S/c1-14-3-7-19(29-11-14)20-9-16(17-10-21(24(27)28)31-13-22(17)36-2)18(12-30-20)25(35)32-26-34-33-23(37-26)8-6-15-4-5-15/h3,7,9-13,15,24H,4-5H2,1-2H3,(H,32,34,35). The predicted molar refractivity (Wildman–Crippen MR) is 134 cm³/mol. The fraction of sp³-hybridized carbons (Fsp3) is 0.231. The first-order chi connectivity index (χ1) is 17.9. The van der Waals surface area contributed by atoms with Crippen LogP contribution in [0.15, 0.2) is 42.9 Å². The van der Waals surface area contributed by atoms with Gasteiger partial charge in [-0.25, -0.2) is 8.78 Å². The molecule has 0 aromatic carbocycles. The van der Waals surface area contributed by atoms with Crippen molar-refractivity contribution in [2.45, 2.75) is 26.2 Å². The summed E-state index contributed by atoms with van der Waals surface area (Å²) in [5, 5.41) is 11.5. The molecular formula is C26H20F2N6O2S. The molecule has 4 aromatic rings. The van der Waals surface area contributed by atoms with E-state index >= 15 is 0 Å². The summed E-state index contributed by atoms with van der Waals surface area (Å²) in [7, 11) is 1.40. The lowest BCUT2D eigenvalue weighted by atomic mass is 9.98. The lowest BCUT2D eigenvalue weighted by molar-refractivity contribution is 0.102. The minimum atomic E-state index is -2.81. The Morgan fingerprint density at radius 3 is 2.59 bits per heavy atom. The molecule has 4 aromatic heterocycles. The molecular weight excluding hydrogens is 498 g/mol. The highest BCUT2D eigenvalue weighted by Crippen LogP contribution is 2.36. The highest BCUT2D eigenvalue weighted by molar-refractivity contribution is 7.15. The molecule has 1 aliphatic rings. The van der Waals surface area contributed by atoms with Crippen molar-refractivity contribution in [3.05, 3.63) is 64.7 Å². The molecule has 1 N–H and O–H groups in total. The van der Waals surface area contributed by atoms with Crippen molar-refractivity contribution in [2.75, 3.05) is 12.4 Å². The van der Waals surface area contributed by atoms with Crippen molar-refractivity contribution in [3.63, 3.8) is 0 Å². The number of carbonyl (C=O) groups excluding carboxylic acids is 1. The van der Waals surface area contributed by atoms with Gasteiger partial charge in [-0.3, -0.25) is 25.1 Å². The van der Waals surface area contributed by atoms with E-state index in [1.54, 1.807) is 18.3 Å². The number of pyridine rings is 3. The number of aryl methyl sites for hydroxylation is 1. The van der Waals surface area contributed by atoms with Gasteiger partial charge in [0.05, 0.1) is 30.3 Å². The van der Waals surface area contributed by atoms with E-state index in [0.29, 0.717) is 27.9 Å². The maximum Gasteiger partial charge on any atom is 0.280 e. The topological polar surface area (TPSA) is 103 Å². The molecule has 0 unspecified atom stereocenters. The number of ether oxygens (including phenoxy) is 1. The average Bonchev–Trinajstić information content (AvgIpc) is 3.64. The molecule has 0 radical (unpaired) electrons. The summed E-state index contributed by atoms with van der Waals surface area (Å²) in [6, 6.07) is 6.50.